The van der Waals surface area contributed by atoms with Crippen molar-refractivity contribution in [2.45, 2.75) is 36.9 Å². The lowest BCUT2D eigenvalue weighted by molar-refractivity contribution is -0.164. The van der Waals surface area contributed by atoms with E-state index in [9.17, 15) is 15.0 Å². The molecule has 0 aromatic carbocycles. The first-order valence-corrected chi connectivity index (χ1v) is 3.77. The minimum Gasteiger partial charge on any atom is -0.390 e. The van der Waals surface area contributed by atoms with Gasteiger partial charge in [-0.25, -0.2) is 0 Å². The van der Waals surface area contributed by atoms with Crippen molar-refractivity contribution in [1.29, 1.82) is 0 Å². The Bertz CT molecular complexity index is 238. The number of aliphatic hydroxyl groups is 3. The molecule has 0 radical (unpaired) electrons. The Hall–Kier alpha value is -0.490. The molecule has 5 atom stereocenters. The van der Waals surface area contributed by atoms with Crippen LogP contribution in [0.5, 0.6) is 0 Å². The van der Waals surface area contributed by atoms with Gasteiger partial charge in [0.2, 0.25) is 0 Å². The van der Waals surface area contributed by atoms with E-state index in [-0.39, 0.29) is 0 Å². The Balaban J connectivity index is 2.32. The van der Waals surface area contributed by atoms with Gasteiger partial charge in [-0.2, -0.15) is 0 Å². The molecule has 2 fully saturated rings. The summed E-state index contributed by atoms with van der Waals surface area (Å²) in [5, 5.41) is 28.1. The highest BCUT2D eigenvalue weighted by atomic mass is 16.6. The predicted octanol–water partition coefficient (Wildman–Crippen LogP) is -2.19. The van der Waals surface area contributed by atoms with E-state index in [0.717, 1.165) is 0 Å². The molecular formula is C7H10O5. The fourth-order valence-corrected chi connectivity index (χ4v) is 1.69. The minimum absolute atomic E-state index is 0.539. The van der Waals surface area contributed by atoms with Crippen LogP contribution < -0.4 is 0 Å². The topological polar surface area (TPSA) is 90.3 Å². The van der Waals surface area contributed by atoms with Gasteiger partial charge in [0, 0.05) is 0 Å². The molecule has 5 heteroatoms. The van der Waals surface area contributed by atoms with Crippen LogP contribution in [0.25, 0.3) is 0 Å². The molecule has 68 valence electrons. The lowest BCUT2D eigenvalue weighted by Crippen LogP contribution is -2.54. The van der Waals surface area contributed by atoms with Gasteiger partial charge in [-0.1, -0.05) is 0 Å². The molecule has 12 heavy (non-hydrogen) atoms. The highest BCUT2D eigenvalue weighted by Crippen LogP contribution is 2.45. The summed E-state index contributed by atoms with van der Waals surface area (Å²) >= 11 is 0. The van der Waals surface area contributed by atoms with Gasteiger partial charge >= 0.3 is 0 Å². The lowest BCUT2D eigenvalue weighted by atomic mass is 9.92. The van der Waals surface area contributed by atoms with Crippen molar-refractivity contribution in [3.05, 3.63) is 0 Å². The van der Waals surface area contributed by atoms with E-state index in [1.165, 1.54) is 6.92 Å². The molecule has 1 aliphatic heterocycles. The molecule has 1 aliphatic carbocycles. The molecule has 0 bridgehead atoms. The van der Waals surface area contributed by atoms with Crippen LogP contribution in [0.3, 0.4) is 0 Å². The van der Waals surface area contributed by atoms with Crippen molar-refractivity contribution in [3.8, 4) is 0 Å². The average molecular weight is 174 g/mol. The monoisotopic (exact) mass is 174 g/mol. The normalized spacial score (nSPS) is 53.7. The summed E-state index contributed by atoms with van der Waals surface area (Å²) in [4.78, 5) is 11.0. The maximum atomic E-state index is 11.0. The fourth-order valence-electron chi connectivity index (χ4n) is 1.69. The summed E-state index contributed by atoms with van der Waals surface area (Å²) in [7, 11) is 0. The standard InChI is InChI=1S/C7H10O5/c1-2(8)7(11)5(10)3(9)4-6(7)12-4/h2,4-6,8,10-11H,1H3/t2-,4+,5+,6+,7+/m1/s1. The Morgan fingerprint density at radius 1 is 1.67 bits per heavy atom. The zero-order valence-electron chi connectivity index (χ0n) is 6.47. The van der Waals surface area contributed by atoms with Gasteiger partial charge in [-0.3, -0.25) is 4.79 Å². The molecule has 1 heterocycles. The van der Waals surface area contributed by atoms with Crippen molar-refractivity contribution < 1.29 is 24.9 Å². The molecule has 0 aromatic rings. The highest BCUT2D eigenvalue weighted by molar-refractivity contribution is 5.95. The Morgan fingerprint density at radius 2 is 2.25 bits per heavy atom. The Kier molecular flexibility index (Phi) is 1.39. The Morgan fingerprint density at radius 3 is 2.50 bits per heavy atom. The van der Waals surface area contributed by atoms with Gasteiger partial charge in [-0.15, -0.1) is 0 Å². The second-order valence-electron chi connectivity index (χ2n) is 3.35. The van der Waals surface area contributed by atoms with Gasteiger partial charge in [0.1, 0.15) is 18.3 Å². The molecule has 0 amide bonds. The van der Waals surface area contributed by atoms with Crippen molar-refractivity contribution >= 4 is 5.78 Å². The quantitative estimate of drug-likeness (QED) is 0.393. The third kappa shape index (κ3) is 0.694. The first kappa shape index (κ1) is 8.12. The first-order valence-electron chi connectivity index (χ1n) is 3.77. The predicted molar refractivity (Wildman–Crippen MR) is 36.3 cm³/mol. The maximum absolute atomic E-state index is 11.0. The molecule has 0 unspecified atom stereocenters. The number of Topliss-reactive ketones (excluding diaryl/α,β-unsaturated/α-hetero) is 1. The van der Waals surface area contributed by atoms with E-state index >= 15 is 0 Å². The molecule has 3 N–H and O–H groups in total. The number of fused-ring (bicyclic) bond motifs is 1. The van der Waals surface area contributed by atoms with Gasteiger partial charge in [0.25, 0.3) is 0 Å². The summed E-state index contributed by atoms with van der Waals surface area (Å²) in [5.74, 6) is -0.539. The van der Waals surface area contributed by atoms with Crippen LogP contribution in [0, 0.1) is 0 Å². The molecule has 5 nitrogen and oxygen atoms in total. The molecule has 0 aromatic heterocycles. The van der Waals surface area contributed by atoms with E-state index in [2.05, 4.69) is 0 Å². The highest BCUT2D eigenvalue weighted by Gasteiger charge is 2.72. The zero-order valence-corrected chi connectivity index (χ0v) is 6.47. The summed E-state index contributed by atoms with van der Waals surface area (Å²) in [5.41, 5.74) is -1.80. The van der Waals surface area contributed by atoms with Crippen LogP contribution in [0.1, 0.15) is 6.92 Å². The Labute approximate surface area is 68.6 Å². The SMILES string of the molecule is C[C@@H](O)[C@]1(O)[C@@H](O)C(=O)[C@@H]2O[C@@H]21. The van der Waals surface area contributed by atoms with Crippen molar-refractivity contribution in [2.75, 3.05) is 0 Å². The third-order valence-electron chi connectivity index (χ3n) is 2.60. The van der Waals surface area contributed by atoms with Crippen molar-refractivity contribution in [3.63, 3.8) is 0 Å². The van der Waals surface area contributed by atoms with Gasteiger partial charge in [-0.05, 0) is 6.92 Å². The number of carbonyl (C=O) groups is 1. The number of epoxide rings is 1. The summed E-state index contributed by atoms with van der Waals surface area (Å²) < 4.78 is 4.79. The lowest BCUT2D eigenvalue weighted by Gasteiger charge is -2.29. The molecule has 0 spiro atoms. The second-order valence-corrected chi connectivity index (χ2v) is 3.35. The summed E-state index contributed by atoms with van der Waals surface area (Å²) in [6.45, 7) is 1.32. The van der Waals surface area contributed by atoms with E-state index < -0.39 is 35.8 Å². The average Bonchev–Trinajstić information content (AvgIpc) is 2.74. The number of hydrogen-bond donors (Lipinski definition) is 3. The van der Waals surface area contributed by atoms with Crippen LogP contribution in [0.4, 0.5) is 0 Å². The molecule has 2 aliphatic rings. The van der Waals surface area contributed by atoms with Crippen LogP contribution in [0.15, 0.2) is 0 Å². The molecular weight excluding hydrogens is 164 g/mol. The number of hydrogen-bond acceptors (Lipinski definition) is 5. The van der Waals surface area contributed by atoms with Crippen LogP contribution in [-0.4, -0.2) is 51.1 Å². The summed E-state index contributed by atoms with van der Waals surface area (Å²) in [6.07, 6.45) is -4.12. The van der Waals surface area contributed by atoms with Gasteiger partial charge < -0.3 is 20.1 Å². The van der Waals surface area contributed by atoms with E-state index in [1.54, 1.807) is 0 Å². The third-order valence-corrected chi connectivity index (χ3v) is 2.60. The van der Waals surface area contributed by atoms with Crippen molar-refractivity contribution in [1.82, 2.24) is 0 Å². The van der Waals surface area contributed by atoms with E-state index in [4.69, 9.17) is 9.84 Å². The fraction of sp³-hybridized carbons (Fsp3) is 0.857. The number of ether oxygens (including phenoxy) is 1. The molecule has 2 rings (SSSR count). The second kappa shape index (κ2) is 2.05. The maximum Gasteiger partial charge on any atom is 0.195 e. The van der Waals surface area contributed by atoms with Gasteiger partial charge in [0.15, 0.2) is 11.4 Å². The minimum atomic E-state index is -1.80. The van der Waals surface area contributed by atoms with Crippen LogP contribution in [-0.2, 0) is 9.53 Å². The van der Waals surface area contributed by atoms with Crippen LogP contribution in [0.2, 0.25) is 0 Å². The smallest absolute Gasteiger partial charge is 0.195 e. The number of ketones is 1. The van der Waals surface area contributed by atoms with E-state index in [1.807, 2.05) is 0 Å². The number of carbonyl (C=O) groups excluding carboxylic acids is 1. The molecule has 1 saturated heterocycles. The first-order chi connectivity index (χ1) is 5.49. The van der Waals surface area contributed by atoms with Crippen LogP contribution >= 0.6 is 0 Å². The largest absolute Gasteiger partial charge is 0.390 e. The van der Waals surface area contributed by atoms with Gasteiger partial charge in [0.05, 0.1) is 6.10 Å². The van der Waals surface area contributed by atoms with E-state index in [0.29, 0.717) is 0 Å². The summed E-state index contributed by atoms with van der Waals surface area (Å²) in [6, 6.07) is 0. The number of aliphatic hydroxyl groups excluding tert-OH is 2. The van der Waals surface area contributed by atoms with Crippen molar-refractivity contribution in [2.24, 2.45) is 0 Å². The zero-order chi connectivity index (χ0) is 9.09. The number of rotatable bonds is 1. The molecule has 1 saturated carbocycles.